The van der Waals surface area contributed by atoms with Crippen molar-refractivity contribution in [1.29, 1.82) is 0 Å². The summed E-state index contributed by atoms with van der Waals surface area (Å²) >= 11 is 5.25. The monoisotopic (exact) mass is 312 g/mol. The Kier molecular flexibility index (Phi) is 4.53. The summed E-state index contributed by atoms with van der Waals surface area (Å²) in [4.78, 5) is 5.64. The van der Waals surface area contributed by atoms with Gasteiger partial charge in [0, 0.05) is 28.5 Å². The van der Waals surface area contributed by atoms with E-state index in [0.717, 1.165) is 23.3 Å². The normalized spacial score (nSPS) is 10.5. The topological polar surface area (TPSA) is 34.1 Å². The lowest BCUT2D eigenvalue weighted by atomic mass is 10.3. The van der Waals surface area contributed by atoms with Gasteiger partial charge in [-0.25, -0.2) is 4.98 Å². The number of rotatable bonds is 5. The standard InChI is InChI=1S/C12H13BrN2OS/c1-16-12-4-2-3-9(15-12)7-14-8-11-10(13)5-6-17-11/h2-6,14H,7-8H2,1H3. The zero-order valence-electron chi connectivity index (χ0n) is 9.44. The molecule has 0 fully saturated rings. The molecule has 5 heteroatoms. The van der Waals surface area contributed by atoms with Gasteiger partial charge in [-0.2, -0.15) is 0 Å². The molecular formula is C12H13BrN2OS. The van der Waals surface area contributed by atoms with E-state index in [0.29, 0.717) is 5.88 Å². The van der Waals surface area contributed by atoms with Gasteiger partial charge in [0.25, 0.3) is 0 Å². The summed E-state index contributed by atoms with van der Waals surface area (Å²) in [6, 6.07) is 7.84. The Balaban J connectivity index is 1.87. The van der Waals surface area contributed by atoms with E-state index in [-0.39, 0.29) is 0 Å². The summed E-state index contributed by atoms with van der Waals surface area (Å²) < 4.78 is 6.24. The van der Waals surface area contributed by atoms with Gasteiger partial charge in [0.2, 0.25) is 5.88 Å². The van der Waals surface area contributed by atoms with E-state index in [1.807, 2.05) is 18.2 Å². The minimum Gasteiger partial charge on any atom is -0.481 e. The molecule has 0 atom stereocenters. The summed E-state index contributed by atoms with van der Waals surface area (Å²) in [5.74, 6) is 0.654. The molecule has 0 amide bonds. The largest absolute Gasteiger partial charge is 0.481 e. The van der Waals surface area contributed by atoms with Crippen molar-refractivity contribution in [2.75, 3.05) is 7.11 Å². The fraction of sp³-hybridized carbons (Fsp3) is 0.250. The molecule has 0 unspecified atom stereocenters. The highest BCUT2D eigenvalue weighted by molar-refractivity contribution is 9.10. The van der Waals surface area contributed by atoms with Crippen molar-refractivity contribution in [3.05, 3.63) is 44.7 Å². The Morgan fingerprint density at radius 2 is 2.24 bits per heavy atom. The highest BCUT2D eigenvalue weighted by Gasteiger charge is 2.01. The first-order chi connectivity index (χ1) is 8.29. The second-order valence-electron chi connectivity index (χ2n) is 3.47. The third-order valence-electron chi connectivity index (χ3n) is 2.27. The van der Waals surface area contributed by atoms with Crippen LogP contribution >= 0.6 is 27.3 Å². The van der Waals surface area contributed by atoms with Crippen molar-refractivity contribution < 1.29 is 4.74 Å². The Morgan fingerprint density at radius 3 is 2.94 bits per heavy atom. The number of hydrogen-bond acceptors (Lipinski definition) is 4. The van der Waals surface area contributed by atoms with Crippen molar-refractivity contribution in [3.8, 4) is 5.88 Å². The predicted molar refractivity (Wildman–Crippen MR) is 73.4 cm³/mol. The fourth-order valence-corrected chi connectivity index (χ4v) is 2.89. The van der Waals surface area contributed by atoms with E-state index in [4.69, 9.17) is 4.74 Å². The van der Waals surface area contributed by atoms with Crippen molar-refractivity contribution in [2.24, 2.45) is 0 Å². The molecule has 0 radical (unpaired) electrons. The van der Waals surface area contributed by atoms with Crippen LogP contribution in [-0.4, -0.2) is 12.1 Å². The third kappa shape index (κ3) is 3.52. The molecule has 2 heterocycles. The second kappa shape index (κ2) is 6.14. The minimum atomic E-state index is 0.654. The molecule has 0 saturated heterocycles. The number of nitrogens with zero attached hydrogens (tertiary/aromatic N) is 1. The van der Waals surface area contributed by atoms with Crippen LogP contribution in [0.25, 0.3) is 0 Å². The number of thiophene rings is 1. The van der Waals surface area contributed by atoms with Crippen LogP contribution in [0.2, 0.25) is 0 Å². The molecule has 0 aliphatic carbocycles. The highest BCUT2D eigenvalue weighted by atomic mass is 79.9. The molecule has 17 heavy (non-hydrogen) atoms. The smallest absolute Gasteiger partial charge is 0.213 e. The van der Waals surface area contributed by atoms with Crippen molar-refractivity contribution in [2.45, 2.75) is 13.1 Å². The highest BCUT2D eigenvalue weighted by Crippen LogP contribution is 2.22. The van der Waals surface area contributed by atoms with Crippen LogP contribution in [0.15, 0.2) is 34.1 Å². The molecule has 0 aliphatic rings. The summed E-state index contributed by atoms with van der Waals surface area (Å²) in [5, 5.41) is 5.43. The first kappa shape index (κ1) is 12.5. The van der Waals surface area contributed by atoms with Gasteiger partial charge in [-0.3, -0.25) is 0 Å². The number of halogens is 1. The van der Waals surface area contributed by atoms with Crippen molar-refractivity contribution in [1.82, 2.24) is 10.3 Å². The van der Waals surface area contributed by atoms with Crippen molar-refractivity contribution in [3.63, 3.8) is 0 Å². The lowest BCUT2D eigenvalue weighted by Gasteiger charge is -2.05. The number of aromatic nitrogens is 1. The number of ether oxygens (including phenoxy) is 1. The average Bonchev–Trinajstić information content (AvgIpc) is 2.76. The molecule has 0 bridgehead atoms. The maximum absolute atomic E-state index is 5.08. The Bertz CT molecular complexity index is 487. The molecule has 0 spiro atoms. The van der Waals surface area contributed by atoms with Gasteiger partial charge in [-0.05, 0) is 33.4 Å². The van der Waals surface area contributed by atoms with Gasteiger partial charge in [0.05, 0.1) is 12.8 Å². The van der Waals surface area contributed by atoms with Crippen LogP contribution in [0.1, 0.15) is 10.6 Å². The Labute approximate surface area is 113 Å². The lowest BCUT2D eigenvalue weighted by Crippen LogP contribution is -2.13. The van der Waals surface area contributed by atoms with E-state index in [2.05, 4.69) is 37.7 Å². The van der Waals surface area contributed by atoms with Crippen LogP contribution in [-0.2, 0) is 13.1 Å². The zero-order chi connectivity index (χ0) is 12.1. The van der Waals surface area contributed by atoms with E-state index < -0.39 is 0 Å². The quantitative estimate of drug-likeness (QED) is 0.920. The summed E-state index contributed by atoms with van der Waals surface area (Å²) in [7, 11) is 1.63. The predicted octanol–water partition coefficient (Wildman–Crippen LogP) is 3.20. The first-order valence-corrected chi connectivity index (χ1v) is 6.89. The van der Waals surface area contributed by atoms with E-state index in [1.165, 1.54) is 4.88 Å². The molecule has 2 aromatic heterocycles. The van der Waals surface area contributed by atoms with Crippen LogP contribution in [0.5, 0.6) is 5.88 Å². The van der Waals surface area contributed by atoms with Crippen LogP contribution in [0.3, 0.4) is 0 Å². The Hall–Kier alpha value is -0.910. The number of pyridine rings is 1. The van der Waals surface area contributed by atoms with E-state index in [9.17, 15) is 0 Å². The zero-order valence-corrected chi connectivity index (χ0v) is 11.8. The molecular weight excluding hydrogens is 300 g/mol. The average molecular weight is 313 g/mol. The van der Waals surface area contributed by atoms with Gasteiger partial charge in [-0.1, -0.05) is 6.07 Å². The van der Waals surface area contributed by atoms with E-state index in [1.54, 1.807) is 18.4 Å². The molecule has 3 nitrogen and oxygen atoms in total. The second-order valence-corrected chi connectivity index (χ2v) is 5.32. The molecule has 1 N–H and O–H groups in total. The molecule has 90 valence electrons. The van der Waals surface area contributed by atoms with Gasteiger partial charge in [0.1, 0.15) is 0 Å². The summed E-state index contributed by atoms with van der Waals surface area (Å²) in [6.07, 6.45) is 0. The number of hydrogen-bond donors (Lipinski definition) is 1. The van der Waals surface area contributed by atoms with Crippen LogP contribution in [0.4, 0.5) is 0 Å². The molecule has 0 saturated carbocycles. The van der Waals surface area contributed by atoms with Gasteiger partial charge in [0.15, 0.2) is 0 Å². The Morgan fingerprint density at radius 1 is 1.35 bits per heavy atom. The molecule has 2 rings (SSSR count). The maximum Gasteiger partial charge on any atom is 0.213 e. The van der Waals surface area contributed by atoms with Crippen LogP contribution in [0, 0.1) is 0 Å². The molecule has 0 aromatic carbocycles. The minimum absolute atomic E-state index is 0.654. The molecule has 0 aliphatic heterocycles. The summed E-state index contributed by atoms with van der Waals surface area (Å²) in [5.41, 5.74) is 0.983. The molecule has 2 aromatic rings. The summed E-state index contributed by atoms with van der Waals surface area (Å²) in [6.45, 7) is 1.58. The lowest BCUT2D eigenvalue weighted by molar-refractivity contribution is 0.395. The van der Waals surface area contributed by atoms with Gasteiger partial charge >= 0.3 is 0 Å². The number of nitrogens with one attached hydrogen (secondary N) is 1. The first-order valence-electron chi connectivity index (χ1n) is 5.22. The number of methoxy groups -OCH3 is 1. The van der Waals surface area contributed by atoms with Crippen molar-refractivity contribution >= 4 is 27.3 Å². The van der Waals surface area contributed by atoms with E-state index >= 15 is 0 Å². The van der Waals surface area contributed by atoms with Crippen LogP contribution < -0.4 is 10.1 Å². The van der Waals surface area contributed by atoms with Gasteiger partial charge in [-0.15, -0.1) is 11.3 Å². The third-order valence-corrected chi connectivity index (χ3v) is 4.20. The maximum atomic E-state index is 5.08. The van der Waals surface area contributed by atoms with Gasteiger partial charge < -0.3 is 10.1 Å². The fourth-order valence-electron chi connectivity index (χ4n) is 1.43. The SMILES string of the molecule is COc1cccc(CNCc2sccc2Br)n1.